The lowest BCUT2D eigenvalue weighted by molar-refractivity contribution is -0.384. The molecule has 3 aromatic rings. The second-order valence-corrected chi connectivity index (χ2v) is 6.88. The van der Waals surface area contributed by atoms with Gasteiger partial charge in [-0.2, -0.15) is 5.10 Å². The van der Waals surface area contributed by atoms with Crippen molar-refractivity contribution in [2.24, 2.45) is 5.10 Å². The summed E-state index contributed by atoms with van der Waals surface area (Å²) < 4.78 is 21.1. The maximum atomic E-state index is 12.6. The highest BCUT2D eigenvalue weighted by atomic mass is 16.6. The van der Waals surface area contributed by atoms with Crippen molar-refractivity contribution in [1.82, 2.24) is 5.43 Å². The number of carbonyl (C=O) groups excluding carboxylic acids is 2. The van der Waals surface area contributed by atoms with Crippen molar-refractivity contribution < 1.29 is 33.5 Å². The van der Waals surface area contributed by atoms with E-state index in [9.17, 15) is 19.7 Å². The number of non-ortho nitro benzene ring substituents is 1. The fourth-order valence-corrected chi connectivity index (χ4v) is 2.96. The summed E-state index contributed by atoms with van der Waals surface area (Å²) in [6.45, 7) is 0. The van der Waals surface area contributed by atoms with Crippen molar-refractivity contribution in [2.45, 2.75) is 0 Å². The third-order valence-corrected chi connectivity index (χ3v) is 4.71. The molecule has 11 nitrogen and oxygen atoms in total. The molecule has 0 aliphatic heterocycles. The first-order valence-corrected chi connectivity index (χ1v) is 10.1. The van der Waals surface area contributed by atoms with Crippen molar-refractivity contribution in [2.75, 3.05) is 21.3 Å². The number of nitrogens with one attached hydrogen (secondary N) is 1. The Morgan fingerprint density at radius 1 is 0.857 bits per heavy atom. The molecule has 0 aliphatic rings. The smallest absolute Gasteiger partial charge is 0.343 e. The molecule has 0 radical (unpaired) electrons. The summed E-state index contributed by atoms with van der Waals surface area (Å²) in [5, 5.41) is 14.7. The summed E-state index contributed by atoms with van der Waals surface area (Å²) in [5.41, 5.74) is 2.97. The summed E-state index contributed by atoms with van der Waals surface area (Å²) in [5.74, 6) is 0.0422. The minimum absolute atomic E-state index is 0.0892. The number of hydrogen-bond donors (Lipinski definition) is 1. The van der Waals surface area contributed by atoms with Crippen molar-refractivity contribution in [3.63, 3.8) is 0 Å². The highest BCUT2D eigenvalue weighted by Gasteiger charge is 2.16. The average Bonchev–Trinajstić information content (AvgIpc) is 2.88. The Morgan fingerprint density at radius 3 is 2.23 bits per heavy atom. The van der Waals surface area contributed by atoms with E-state index in [0.717, 1.165) is 6.07 Å². The minimum Gasteiger partial charge on any atom is -0.493 e. The molecule has 35 heavy (non-hydrogen) atoms. The molecule has 1 N–H and O–H groups in total. The third-order valence-electron chi connectivity index (χ3n) is 4.71. The number of nitrogens with zero attached hydrogens (tertiary/aromatic N) is 2. The van der Waals surface area contributed by atoms with Crippen LogP contribution in [0.25, 0.3) is 0 Å². The number of carbonyl (C=O) groups is 2. The monoisotopic (exact) mass is 479 g/mol. The highest BCUT2D eigenvalue weighted by molar-refractivity contribution is 5.95. The van der Waals surface area contributed by atoms with Crippen LogP contribution in [0.5, 0.6) is 23.0 Å². The fourth-order valence-electron chi connectivity index (χ4n) is 2.96. The van der Waals surface area contributed by atoms with Crippen LogP contribution in [-0.2, 0) is 0 Å². The van der Waals surface area contributed by atoms with Crippen molar-refractivity contribution in [3.8, 4) is 23.0 Å². The van der Waals surface area contributed by atoms with Crippen LogP contribution in [0.15, 0.2) is 65.8 Å². The lowest BCUT2D eigenvalue weighted by Crippen LogP contribution is -2.17. The topological polar surface area (TPSA) is 139 Å². The van der Waals surface area contributed by atoms with E-state index in [1.54, 1.807) is 24.3 Å². The zero-order valence-electron chi connectivity index (χ0n) is 19.0. The van der Waals surface area contributed by atoms with E-state index in [-0.39, 0.29) is 28.3 Å². The summed E-state index contributed by atoms with van der Waals surface area (Å²) in [4.78, 5) is 35.0. The van der Waals surface area contributed by atoms with Crippen molar-refractivity contribution in [1.29, 1.82) is 0 Å². The third kappa shape index (κ3) is 6.11. The molecular formula is C24H21N3O8. The molecule has 0 aromatic heterocycles. The molecule has 0 aliphatic carbocycles. The quantitative estimate of drug-likeness (QED) is 0.161. The van der Waals surface area contributed by atoms with Crippen molar-refractivity contribution >= 4 is 23.8 Å². The summed E-state index contributed by atoms with van der Waals surface area (Å²) in [6.07, 6.45) is 1.34. The number of benzene rings is 3. The van der Waals surface area contributed by atoms with Crippen LogP contribution in [0.1, 0.15) is 26.3 Å². The Labute approximate surface area is 200 Å². The van der Waals surface area contributed by atoms with Gasteiger partial charge in [-0.15, -0.1) is 0 Å². The lowest BCUT2D eigenvalue weighted by atomic mass is 10.2. The van der Waals surface area contributed by atoms with Gasteiger partial charge < -0.3 is 18.9 Å². The van der Waals surface area contributed by atoms with E-state index in [1.807, 2.05) is 0 Å². The van der Waals surface area contributed by atoms with Crippen LogP contribution in [0.3, 0.4) is 0 Å². The molecule has 0 heterocycles. The molecule has 180 valence electrons. The highest BCUT2D eigenvalue weighted by Crippen LogP contribution is 2.31. The van der Waals surface area contributed by atoms with Gasteiger partial charge in [-0.3, -0.25) is 14.9 Å². The van der Waals surface area contributed by atoms with E-state index in [0.29, 0.717) is 17.1 Å². The van der Waals surface area contributed by atoms with Gasteiger partial charge in [-0.1, -0.05) is 6.07 Å². The van der Waals surface area contributed by atoms with Gasteiger partial charge in [-0.05, 0) is 48.0 Å². The number of rotatable bonds is 9. The molecule has 0 saturated heterocycles. The Kier molecular flexibility index (Phi) is 7.96. The molecule has 0 unspecified atom stereocenters. The largest absolute Gasteiger partial charge is 0.493 e. The van der Waals surface area contributed by atoms with Gasteiger partial charge in [0.1, 0.15) is 0 Å². The predicted molar refractivity (Wildman–Crippen MR) is 126 cm³/mol. The first kappa shape index (κ1) is 24.7. The van der Waals surface area contributed by atoms with Gasteiger partial charge >= 0.3 is 5.97 Å². The number of nitro benzene ring substituents is 1. The zero-order chi connectivity index (χ0) is 25.4. The first-order chi connectivity index (χ1) is 16.9. The van der Waals surface area contributed by atoms with E-state index < -0.39 is 16.8 Å². The molecule has 3 rings (SSSR count). The number of hydrazone groups is 1. The Hall–Kier alpha value is -4.93. The molecule has 0 fully saturated rings. The molecule has 0 spiro atoms. The van der Waals surface area contributed by atoms with Gasteiger partial charge in [0.2, 0.25) is 0 Å². The number of esters is 1. The van der Waals surface area contributed by atoms with E-state index in [4.69, 9.17) is 18.9 Å². The van der Waals surface area contributed by atoms with Gasteiger partial charge in [0.05, 0.1) is 38.0 Å². The van der Waals surface area contributed by atoms with E-state index >= 15 is 0 Å². The maximum absolute atomic E-state index is 12.6. The predicted octanol–water partition coefficient (Wildman–Crippen LogP) is 3.60. The van der Waals surface area contributed by atoms with Crippen LogP contribution >= 0.6 is 0 Å². The maximum Gasteiger partial charge on any atom is 0.343 e. The van der Waals surface area contributed by atoms with Crippen LogP contribution < -0.4 is 24.4 Å². The molecule has 0 saturated carbocycles. The summed E-state index contributed by atoms with van der Waals surface area (Å²) in [7, 11) is 4.36. The number of ether oxygens (including phenoxy) is 4. The van der Waals surface area contributed by atoms with Gasteiger partial charge in [0, 0.05) is 17.7 Å². The SMILES string of the molecule is COc1ccc(C(=O)Oc2ccc(/C=N/NC(=O)c3cccc([N+](=O)[O-])c3)cc2OC)cc1OC. The minimum atomic E-state index is -0.630. The van der Waals surface area contributed by atoms with Crippen LogP contribution in [0, 0.1) is 10.1 Å². The lowest BCUT2D eigenvalue weighted by Gasteiger charge is -2.11. The standard InChI is InChI=1S/C24H21N3O8/c1-32-19-10-8-17(13-22(19)34-3)24(29)35-20-9-7-15(11-21(20)33-2)14-25-26-23(28)16-5-4-6-18(12-16)27(30)31/h4-14H,1-3H3,(H,26,28)/b25-14+. The normalized spacial score (nSPS) is 10.5. The molecule has 0 bridgehead atoms. The molecular weight excluding hydrogens is 458 g/mol. The van der Waals surface area contributed by atoms with Gasteiger partial charge in [-0.25, -0.2) is 10.2 Å². The first-order valence-electron chi connectivity index (χ1n) is 10.1. The molecule has 1 amide bonds. The van der Waals surface area contributed by atoms with Crippen LogP contribution in [0.4, 0.5) is 5.69 Å². The molecule has 11 heteroatoms. The Bertz CT molecular complexity index is 1290. The second kappa shape index (κ2) is 11.3. The van der Waals surface area contributed by atoms with Gasteiger partial charge in [0.15, 0.2) is 23.0 Å². The average molecular weight is 479 g/mol. The van der Waals surface area contributed by atoms with Crippen molar-refractivity contribution in [3.05, 3.63) is 87.5 Å². The molecule has 0 atom stereocenters. The Balaban J connectivity index is 1.69. The van der Waals surface area contributed by atoms with Crippen LogP contribution in [0.2, 0.25) is 0 Å². The zero-order valence-corrected chi connectivity index (χ0v) is 19.0. The number of nitro groups is 1. The number of hydrogen-bond acceptors (Lipinski definition) is 9. The fraction of sp³-hybridized carbons (Fsp3) is 0.125. The van der Waals surface area contributed by atoms with Gasteiger partial charge in [0.25, 0.3) is 11.6 Å². The molecule has 3 aromatic carbocycles. The number of methoxy groups -OCH3 is 3. The summed E-state index contributed by atoms with van der Waals surface area (Å²) >= 11 is 0. The Morgan fingerprint density at radius 2 is 1.54 bits per heavy atom. The van der Waals surface area contributed by atoms with E-state index in [2.05, 4.69) is 10.5 Å². The second-order valence-electron chi connectivity index (χ2n) is 6.88. The number of amides is 1. The van der Waals surface area contributed by atoms with Crippen LogP contribution in [-0.4, -0.2) is 44.3 Å². The summed E-state index contributed by atoms with van der Waals surface area (Å²) in [6, 6.07) is 14.6. The van der Waals surface area contributed by atoms with E-state index in [1.165, 1.54) is 57.9 Å².